The molecule has 0 fully saturated rings. The van der Waals surface area contributed by atoms with Crippen LogP contribution in [-0.4, -0.2) is 34.0 Å². The number of nitrogens with two attached hydrogens (primary N) is 1. The third kappa shape index (κ3) is 4.14. The molecule has 2 N–H and O–H groups in total. The minimum absolute atomic E-state index is 0.102. The molecule has 0 saturated carbocycles. The molecule has 0 atom stereocenters. The highest BCUT2D eigenvalue weighted by molar-refractivity contribution is 6.38. The zero-order chi connectivity index (χ0) is 22.8. The van der Waals surface area contributed by atoms with Gasteiger partial charge in [0.15, 0.2) is 0 Å². The first kappa shape index (κ1) is 22.1. The number of hydrogen-bond acceptors (Lipinski definition) is 5. The molecule has 0 aliphatic rings. The maximum Gasteiger partial charge on any atom is 0.240 e. The van der Waals surface area contributed by atoms with Crippen LogP contribution in [0.2, 0.25) is 10.0 Å². The van der Waals surface area contributed by atoms with Gasteiger partial charge in [-0.25, -0.2) is 9.97 Å². The van der Waals surface area contributed by atoms with Gasteiger partial charge >= 0.3 is 0 Å². The van der Waals surface area contributed by atoms with Gasteiger partial charge < -0.3 is 19.9 Å². The number of halogens is 2. The van der Waals surface area contributed by atoms with E-state index in [0.717, 1.165) is 22.3 Å². The monoisotopic (exact) mass is 469 g/mol. The Labute approximate surface area is 195 Å². The standard InChI is InChI=1S/C23H21Cl2N5O2/c1-14-10-19(30-9-8-27-13-30)15-4-3-5-20(23(15)28-14)32-12-16-17(24)6-7-18(22(16)25)29(2)21(31)11-26/h3-10,13H,11-12,26H2,1-2H3. The summed E-state index contributed by atoms with van der Waals surface area (Å²) >= 11 is 13.0. The summed E-state index contributed by atoms with van der Waals surface area (Å²) in [7, 11) is 1.62. The van der Waals surface area contributed by atoms with Crippen molar-refractivity contribution in [3.05, 3.63) is 76.4 Å². The summed E-state index contributed by atoms with van der Waals surface area (Å²) in [4.78, 5) is 22.2. The molecule has 9 heteroatoms. The predicted octanol–water partition coefficient (Wildman–Crippen LogP) is 4.54. The number of ether oxygens (including phenoxy) is 1. The molecule has 2 aromatic heterocycles. The number of rotatable bonds is 6. The van der Waals surface area contributed by atoms with Crippen LogP contribution in [0.1, 0.15) is 11.3 Å². The van der Waals surface area contributed by atoms with Crippen molar-refractivity contribution >= 4 is 45.7 Å². The van der Waals surface area contributed by atoms with E-state index in [1.165, 1.54) is 4.90 Å². The number of imidazole rings is 1. The second-order valence-corrected chi connectivity index (χ2v) is 7.99. The first-order chi connectivity index (χ1) is 15.4. The first-order valence-electron chi connectivity index (χ1n) is 9.85. The Bertz CT molecular complexity index is 1290. The van der Waals surface area contributed by atoms with Crippen molar-refractivity contribution in [1.82, 2.24) is 14.5 Å². The van der Waals surface area contributed by atoms with Crippen molar-refractivity contribution in [2.45, 2.75) is 13.5 Å². The van der Waals surface area contributed by atoms with Crippen molar-refractivity contribution in [2.24, 2.45) is 5.73 Å². The van der Waals surface area contributed by atoms with Crippen molar-refractivity contribution in [2.75, 3.05) is 18.5 Å². The molecule has 0 radical (unpaired) electrons. The van der Waals surface area contributed by atoms with E-state index in [1.807, 2.05) is 42.0 Å². The number of pyridine rings is 1. The summed E-state index contributed by atoms with van der Waals surface area (Å²) in [6, 6.07) is 11.1. The minimum Gasteiger partial charge on any atom is -0.487 e. The number of fused-ring (bicyclic) bond motifs is 1. The van der Waals surface area contributed by atoms with Crippen molar-refractivity contribution < 1.29 is 9.53 Å². The Hall–Kier alpha value is -3.13. The zero-order valence-electron chi connectivity index (χ0n) is 17.5. The summed E-state index contributed by atoms with van der Waals surface area (Å²) in [6.07, 6.45) is 5.35. The molecule has 4 aromatic rings. The molecule has 0 bridgehead atoms. The van der Waals surface area contributed by atoms with E-state index < -0.39 is 0 Å². The average Bonchev–Trinajstić information content (AvgIpc) is 3.32. The second kappa shape index (κ2) is 9.16. The average molecular weight is 470 g/mol. The Morgan fingerprint density at radius 2 is 2.06 bits per heavy atom. The van der Waals surface area contributed by atoms with Gasteiger partial charge in [0.2, 0.25) is 5.91 Å². The lowest BCUT2D eigenvalue weighted by molar-refractivity contribution is -0.117. The topological polar surface area (TPSA) is 86.3 Å². The van der Waals surface area contributed by atoms with Crippen molar-refractivity contribution in [3.8, 4) is 11.4 Å². The van der Waals surface area contributed by atoms with Crippen molar-refractivity contribution in [3.63, 3.8) is 0 Å². The van der Waals surface area contributed by atoms with Crippen LogP contribution in [0, 0.1) is 6.92 Å². The molecule has 0 spiro atoms. The number of para-hydroxylation sites is 1. The fourth-order valence-corrected chi connectivity index (χ4v) is 4.06. The highest BCUT2D eigenvalue weighted by Crippen LogP contribution is 2.36. The maximum absolute atomic E-state index is 12.0. The first-order valence-corrected chi connectivity index (χ1v) is 10.6. The lowest BCUT2D eigenvalue weighted by Crippen LogP contribution is -2.32. The molecule has 0 saturated heterocycles. The number of hydrogen-bond donors (Lipinski definition) is 1. The quantitative estimate of drug-likeness (QED) is 0.447. The molecule has 7 nitrogen and oxygen atoms in total. The third-order valence-corrected chi connectivity index (χ3v) is 5.91. The van der Waals surface area contributed by atoms with Gasteiger partial charge in [0.25, 0.3) is 0 Å². The van der Waals surface area contributed by atoms with Gasteiger partial charge in [-0.15, -0.1) is 0 Å². The number of amides is 1. The van der Waals surface area contributed by atoms with Gasteiger partial charge in [-0.1, -0.05) is 35.3 Å². The summed E-state index contributed by atoms with van der Waals surface area (Å²) < 4.78 is 8.06. The number of benzene rings is 2. The predicted molar refractivity (Wildman–Crippen MR) is 127 cm³/mol. The molecule has 0 aliphatic heterocycles. The smallest absolute Gasteiger partial charge is 0.240 e. The molecule has 2 aromatic carbocycles. The van der Waals surface area contributed by atoms with Crippen LogP contribution < -0.4 is 15.4 Å². The molecule has 164 valence electrons. The maximum atomic E-state index is 12.0. The van der Waals surface area contributed by atoms with Gasteiger partial charge in [-0.2, -0.15) is 0 Å². The number of anilines is 1. The number of carbonyl (C=O) groups is 1. The van der Waals surface area contributed by atoms with Gasteiger partial charge in [-0.3, -0.25) is 4.79 Å². The molecule has 2 heterocycles. The number of aromatic nitrogens is 3. The van der Waals surface area contributed by atoms with Gasteiger partial charge in [0.1, 0.15) is 17.9 Å². The Balaban J connectivity index is 1.71. The van der Waals surface area contributed by atoms with E-state index in [2.05, 4.69) is 4.98 Å². The van der Waals surface area contributed by atoms with E-state index >= 15 is 0 Å². The van der Waals surface area contributed by atoms with E-state index in [4.69, 9.17) is 38.7 Å². The van der Waals surface area contributed by atoms with Crippen LogP contribution in [0.25, 0.3) is 16.6 Å². The molecular formula is C23H21Cl2N5O2. The number of likely N-dealkylation sites (N-methyl/N-ethyl adjacent to an activating group) is 1. The summed E-state index contributed by atoms with van der Waals surface area (Å²) in [5.41, 5.74) is 9.08. The Morgan fingerprint density at radius 3 is 2.78 bits per heavy atom. The van der Waals surface area contributed by atoms with Crippen LogP contribution in [-0.2, 0) is 11.4 Å². The number of nitrogens with zero attached hydrogens (tertiary/aromatic N) is 4. The van der Waals surface area contributed by atoms with E-state index in [-0.39, 0.29) is 19.1 Å². The molecule has 0 aliphatic carbocycles. The largest absolute Gasteiger partial charge is 0.487 e. The highest BCUT2D eigenvalue weighted by atomic mass is 35.5. The summed E-state index contributed by atoms with van der Waals surface area (Å²) in [5.74, 6) is 0.332. The zero-order valence-corrected chi connectivity index (χ0v) is 19.1. The van der Waals surface area contributed by atoms with Crippen LogP contribution in [0.5, 0.6) is 5.75 Å². The molecular weight excluding hydrogens is 449 g/mol. The van der Waals surface area contributed by atoms with Gasteiger partial charge in [-0.05, 0) is 31.2 Å². The van der Waals surface area contributed by atoms with E-state index in [9.17, 15) is 4.79 Å². The Morgan fingerprint density at radius 1 is 1.25 bits per heavy atom. The van der Waals surface area contributed by atoms with Gasteiger partial charge in [0, 0.05) is 41.1 Å². The molecule has 1 amide bonds. The second-order valence-electron chi connectivity index (χ2n) is 7.21. The van der Waals surface area contributed by atoms with Crippen LogP contribution >= 0.6 is 23.2 Å². The molecule has 4 rings (SSSR count). The van der Waals surface area contributed by atoms with E-state index in [0.29, 0.717) is 27.0 Å². The summed E-state index contributed by atoms with van der Waals surface area (Å²) in [5, 5.41) is 1.70. The number of aryl methyl sites for hydroxylation is 1. The Kier molecular flexibility index (Phi) is 6.32. The molecule has 0 unspecified atom stereocenters. The minimum atomic E-state index is -0.262. The third-order valence-electron chi connectivity index (χ3n) is 5.14. The highest BCUT2D eigenvalue weighted by Gasteiger charge is 2.18. The lowest BCUT2D eigenvalue weighted by Gasteiger charge is -2.20. The fourth-order valence-electron chi connectivity index (χ4n) is 3.46. The molecule has 32 heavy (non-hydrogen) atoms. The SMILES string of the molecule is Cc1cc(-n2ccnc2)c2cccc(OCc3c(Cl)ccc(N(C)C(=O)CN)c3Cl)c2n1. The number of carbonyl (C=O) groups excluding carboxylic acids is 1. The summed E-state index contributed by atoms with van der Waals surface area (Å²) in [6.45, 7) is 1.91. The lowest BCUT2D eigenvalue weighted by atomic mass is 10.1. The van der Waals surface area contributed by atoms with Crippen molar-refractivity contribution in [1.29, 1.82) is 0 Å². The van der Waals surface area contributed by atoms with Crippen LogP contribution in [0.4, 0.5) is 5.69 Å². The normalized spacial score (nSPS) is 11.0. The van der Waals surface area contributed by atoms with Crippen LogP contribution in [0.15, 0.2) is 55.1 Å². The van der Waals surface area contributed by atoms with Gasteiger partial charge in [0.05, 0.1) is 29.3 Å². The van der Waals surface area contributed by atoms with E-state index in [1.54, 1.807) is 31.7 Å². The van der Waals surface area contributed by atoms with Crippen LogP contribution in [0.3, 0.4) is 0 Å². The fraction of sp³-hybridized carbons (Fsp3) is 0.174.